The van der Waals surface area contributed by atoms with E-state index in [0.717, 1.165) is 19.1 Å². The Morgan fingerprint density at radius 2 is 1.86 bits per heavy atom. The van der Waals surface area contributed by atoms with Gasteiger partial charge in [0.15, 0.2) is 0 Å². The number of likely N-dealkylation sites (tertiary alicyclic amines) is 1. The molecule has 0 bridgehead atoms. The highest BCUT2D eigenvalue weighted by Gasteiger charge is 2.15. The first kappa shape index (κ1) is 14.2. The first-order chi connectivity index (χ1) is 6.18. The third-order valence-corrected chi connectivity index (χ3v) is 2.71. The maximum absolute atomic E-state index is 3.61. The monoisotopic (exact) mass is 221 g/mol. The Morgan fingerprint density at radius 1 is 1.29 bits per heavy atom. The summed E-state index contributed by atoms with van der Waals surface area (Å²) in [6, 6.07) is 0.760. The molecule has 86 valence electrons. The van der Waals surface area contributed by atoms with Gasteiger partial charge in [-0.3, -0.25) is 0 Å². The molecule has 0 unspecified atom stereocenters. The Morgan fingerprint density at radius 3 is 2.36 bits per heavy atom. The number of hydrogen-bond acceptors (Lipinski definition) is 3. The minimum Gasteiger partial charge on any atom is -0.313 e. The minimum atomic E-state index is 0. The predicted octanol–water partition coefficient (Wildman–Crippen LogP) is 0.654. The summed E-state index contributed by atoms with van der Waals surface area (Å²) >= 11 is 0. The van der Waals surface area contributed by atoms with Crippen LogP contribution in [0.4, 0.5) is 0 Å². The van der Waals surface area contributed by atoms with Gasteiger partial charge in [-0.15, -0.1) is 12.4 Å². The molecule has 1 rings (SSSR count). The van der Waals surface area contributed by atoms with Crippen molar-refractivity contribution in [2.75, 3.05) is 47.3 Å². The second-order valence-corrected chi connectivity index (χ2v) is 4.33. The van der Waals surface area contributed by atoms with Crippen LogP contribution in [0.3, 0.4) is 0 Å². The lowest BCUT2D eigenvalue weighted by Crippen LogP contribution is -2.42. The molecule has 0 radical (unpaired) electrons. The molecule has 4 heteroatoms. The van der Waals surface area contributed by atoms with E-state index in [1.165, 1.54) is 25.9 Å². The lowest BCUT2D eigenvalue weighted by atomic mass is 10.1. The van der Waals surface area contributed by atoms with Crippen molar-refractivity contribution in [2.24, 2.45) is 0 Å². The standard InChI is InChI=1S/C10H23N3.ClH/c1-12(2)9-6-11-10-4-7-13(3)8-5-10;/h10-11H,4-9H2,1-3H3;1H. The number of halogens is 1. The van der Waals surface area contributed by atoms with Gasteiger partial charge in [0.2, 0.25) is 0 Å². The van der Waals surface area contributed by atoms with E-state index in [1.807, 2.05) is 0 Å². The number of hydrogen-bond donors (Lipinski definition) is 1. The van der Waals surface area contributed by atoms with Crippen molar-refractivity contribution < 1.29 is 0 Å². The lowest BCUT2D eigenvalue weighted by Gasteiger charge is -2.29. The molecule has 1 heterocycles. The molecule has 0 atom stereocenters. The van der Waals surface area contributed by atoms with Gasteiger partial charge in [0.25, 0.3) is 0 Å². The zero-order valence-corrected chi connectivity index (χ0v) is 10.4. The van der Waals surface area contributed by atoms with Crippen molar-refractivity contribution in [2.45, 2.75) is 18.9 Å². The Bertz CT molecular complexity index is 133. The number of likely N-dealkylation sites (N-methyl/N-ethyl adjacent to an activating group) is 1. The maximum Gasteiger partial charge on any atom is 0.0101 e. The summed E-state index contributed by atoms with van der Waals surface area (Å²) in [7, 11) is 6.45. The van der Waals surface area contributed by atoms with E-state index in [2.05, 4.69) is 36.3 Å². The van der Waals surface area contributed by atoms with Crippen molar-refractivity contribution in [3.63, 3.8) is 0 Å². The SMILES string of the molecule is CN(C)CCNC1CCN(C)CC1.Cl. The molecule has 0 amide bonds. The average Bonchev–Trinajstić information content (AvgIpc) is 2.08. The second-order valence-electron chi connectivity index (χ2n) is 4.33. The van der Waals surface area contributed by atoms with Crippen LogP contribution in [0.2, 0.25) is 0 Å². The molecule has 3 nitrogen and oxygen atoms in total. The molecule has 0 aromatic rings. The van der Waals surface area contributed by atoms with Crippen LogP contribution in [-0.4, -0.2) is 63.2 Å². The number of nitrogens with zero attached hydrogens (tertiary/aromatic N) is 2. The molecule has 0 saturated carbocycles. The lowest BCUT2D eigenvalue weighted by molar-refractivity contribution is 0.231. The van der Waals surface area contributed by atoms with E-state index in [-0.39, 0.29) is 12.4 Å². The quantitative estimate of drug-likeness (QED) is 0.753. The highest BCUT2D eigenvalue weighted by molar-refractivity contribution is 5.85. The van der Waals surface area contributed by atoms with Gasteiger partial charge in [0.1, 0.15) is 0 Å². The van der Waals surface area contributed by atoms with Crippen molar-refractivity contribution in [1.82, 2.24) is 15.1 Å². The van der Waals surface area contributed by atoms with E-state index >= 15 is 0 Å². The van der Waals surface area contributed by atoms with Gasteiger partial charge in [-0.2, -0.15) is 0 Å². The van der Waals surface area contributed by atoms with E-state index in [9.17, 15) is 0 Å². The fourth-order valence-electron chi connectivity index (χ4n) is 1.70. The Labute approximate surface area is 94.2 Å². The molecule has 1 N–H and O–H groups in total. The molecule has 0 aromatic heterocycles. The molecular weight excluding hydrogens is 198 g/mol. The molecule has 1 aliphatic rings. The van der Waals surface area contributed by atoms with Gasteiger partial charge in [0.05, 0.1) is 0 Å². The molecular formula is C10H24ClN3. The fourth-order valence-corrected chi connectivity index (χ4v) is 1.70. The number of nitrogens with one attached hydrogen (secondary N) is 1. The molecule has 1 fully saturated rings. The van der Waals surface area contributed by atoms with Crippen LogP contribution in [0.1, 0.15) is 12.8 Å². The van der Waals surface area contributed by atoms with E-state index in [1.54, 1.807) is 0 Å². The molecule has 14 heavy (non-hydrogen) atoms. The molecule has 1 aliphatic heterocycles. The first-order valence-corrected chi connectivity index (χ1v) is 5.25. The van der Waals surface area contributed by atoms with Crippen molar-refractivity contribution >= 4 is 12.4 Å². The van der Waals surface area contributed by atoms with Crippen LogP contribution >= 0.6 is 12.4 Å². The molecule has 0 aromatic carbocycles. The summed E-state index contributed by atoms with van der Waals surface area (Å²) in [5, 5.41) is 3.61. The number of rotatable bonds is 4. The molecule has 0 spiro atoms. The predicted molar refractivity (Wildman–Crippen MR) is 64.3 cm³/mol. The van der Waals surface area contributed by atoms with Gasteiger partial charge in [-0.1, -0.05) is 0 Å². The molecule has 1 saturated heterocycles. The third kappa shape index (κ3) is 5.81. The third-order valence-electron chi connectivity index (χ3n) is 2.71. The van der Waals surface area contributed by atoms with E-state index in [0.29, 0.717) is 0 Å². The first-order valence-electron chi connectivity index (χ1n) is 5.25. The highest BCUT2D eigenvalue weighted by Crippen LogP contribution is 2.07. The maximum atomic E-state index is 3.61. The van der Waals surface area contributed by atoms with Crippen molar-refractivity contribution in [3.8, 4) is 0 Å². The highest BCUT2D eigenvalue weighted by atomic mass is 35.5. The largest absolute Gasteiger partial charge is 0.313 e. The minimum absolute atomic E-state index is 0. The van der Waals surface area contributed by atoms with Crippen LogP contribution in [0, 0.1) is 0 Å². The van der Waals surface area contributed by atoms with E-state index in [4.69, 9.17) is 0 Å². The second kappa shape index (κ2) is 7.46. The van der Waals surface area contributed by atoms with Crippen LogP contribution < -0.4 is 5.32 Å². The summed E-state index contributed by atoms with van der Waals surface area (Å²) in [4.78, 5) is 4.63. The fraction of sp³-hybridized carbons (Fsp3) is 1.00. The van der Waals surface area contributed by atoms with Crippen LogP contribution in [0.15, 0.2) is 0 Å². The summed E-state index contributed by atoms with van der Waals surface area (Å²) in [6.07, 6.45) is 2.62. The zero-order valence-electron chi connectivity index (χ0n) is 9.62. The zero-order chi connectivity index (χ0) is 9.68. The summed E-state index contributed by atoms with van der Waals surface area (Å²) < 4.78 is 0. The summed E-state index contributed by atoms with van der Waals surface area (Å²) in [5.74, 6) is 0. The summed E-state index contributed by atoms with van der Waals surface area (Å²) in [5.41, 5.74) is 0. The van der Waals surface area contributed by atoms with Gasteiger partial charge >= 0.3 is 0 Å². The van der Waals surface area contributed by atoms with Gasteiger partial charge in [0, 0.05) is 19.1 Å². The van der Waals surface area contributed by atoms with Crippen molar-refractivity contribution in [3.05, 3.63) is 0 Å². The van der Waals surface area contributed by atoms with Gasteiger partial charge in [-0.05, 0) is 47.1 Å². The smallest absolute Gasteiger partial charge is 0.0101 e. The number of piperidine rings is 1. The van der Waals surface area contributed by atoms with Crippen LogP contribution in [-0.2, 0) is 0 Å². The van der Waals surface area contributed by atoms with Crippen molar-refractivity contribution in [1.29, 1.82) is 0 Å². The summed E-state index contributed by atoms with van der Waals surface area (Å²) in [6.45, 7) is 4.77. The topological polar surface area (TPSA) is 18.5 Å². The Hall–Kier alpha value is 0.170. The molecule has 0 aliphatic carbocycles. The Kier molecular flexibility index (Phi) is 7.55. The average molecular weight is 222 g/mol. The Balaban J connectivity index is 0.00000169. The van der Waals surface area contributed by atoms with Crippen LogP contribution in [0.5, 0.6) is 0 Å². The van der Waals surface area contributed by atoms with Crippen LogP contribution in [0.25, 0.3) is 0 Å². The van der Waals surface area contributed by atoms with Gasteiger partial charge < -0.3 is 15.1 Å². The normalized spacial score (nSPS) is 19.7. The van der Waals surface area contributed by atoms with Gasteiger partial charge in [-0.25, -0.2) is 0 Å². The van der Waals surface area contributed by atoms with E-state index < -0.39 is 0 Å².